The van der Waals surface area contributed by atoms with Crippen molar-refractivity contribution >= 4 is 28.7 Å². The number of amides is 1. The number of fused-ring (bicyclic) bond motifs is 2. The van der Waals surface area contributed by atoms with Gasteiger partial charge in [0.15, 0.2) is 5.16 Å². The summed E-state index contributed by atoms with van der Waals surface area (Å²) in [4.78, 5) is 29.7. The summed E-state index contributed by atoms with van der Waals surface area (Å²) in [6, 6.07) is 8.08. The van der Waals surface area contributed by atoms with E-state index in [0.29, 0.717) is 18.2 Å². The van der Waals surface area contributed by atoms with E-state index in [4.69, 9.17) is 4.98 Å². The first kappa shape index (κ1) is 20.4. The molecule has 0 saturated heterocycles. The molecule has 2 aliphatic rings. The van der Waals surface area contributed by atoms with Gasteiger partial charge in [0.1, 0.15) is 12.4 Å². The smallest absolute Gasteiger partial charge is 0.343 e. The normalized spacial score (nSPS) is 19.8. The summed E-state index contributed by atoms with van der Waals surface area (Å²) >= 11 is 1.82. The number of H-pyrrole nitrogens is 1. The van der Waals surface area contributed by atoms with Crippen molar-refractivity contribution in [3.8, 4) is 0 Å². The van der Waals surface area contributed by atoms with E-state index in [1.165, 1.54) is 32.1 Å². The number of hydrogen-bond donors (Lipinski definition) is 2. The molecule has 1 saturated carbocycles. The van der Waals surface area contributed by atoms with E-state index in [0.717, 1.165) is 34.9 Å². The number of thioether (sulfide) groups is 1. The molecule has 8 nitrogen and oxygen atoms in total. The number of nitrogens with one attached hydrogen (secondary N) is 2. The van der Waals surface area contributed by atoms with Gasteiger partial charge in [-0.05, 0) is 37.8 Å². The number of rotatable bonds is 5. The minimum Gasteiger partial charge on any atom is -0.352 e. The third-order valence-corrected chi connectivity index (χ3v) is 7.69. The molecule has 9 heteroatoms. The zero-order valence-corrected chi connectivity index (χ0v) is 18.4. The van der Waals surface area contributed by atoms with Gasteiger partial charge in [-0.2, -0.15) is 5.10 Å². The number of benzene rings is 1. The summed E-state index contributed by atoms with van der Waals surface area (Å²) in [6.45, 7) is 0.837. The van der Waals surface area contributed by atoms with E-state index < -0.39 is 0 Å². The van der Waals surface area contributed by atoms with E-state index in [1.807, 2.05) is 36.0 Å². The lowest BCUT2D eigenvalue weighted by Gasteiger charge is -2.21. The second kappa shape index (κ2) is 8.90. The molecule has 0 bridgehead atoms. The van der Waals surface area contributed by atoms with Crippen LogP contribution >= 0.6 is 11.8 Å². The molecular formula is C22H28N6O2S. The van der Waals surface area contributed by atoms with Crippen molar-refractivity contribution in [1.82, 2.24) is 29.6 Å². The molecule has 1 aromatic carbocycles. The van der Waals surface area contributed by atoms with E-state index in [1.54, 1.807) is 4.57 Å². The van der Waals surface area contributed by atoms with E-state index >= 15 is 0 Å². The average Bonchev–Trinajstić information content (AvgIpc) is 3.22. The molecule has 1 amide bonds. The first-order chi connectivity index (χ1) is 15.2. The number of imidazole rings is 1. The number of hydrogen-bond acceptors (Lipinski definition) is 5. The maximum absolute atomic E-state index is 13.0. The fourth-order valence-corrected chi connectivity index (χ4v) is 6.00. The average molecular weight is 441 g/mol. The van der Waals surface area contributed by atoms with Crippen LogP contribution in [0.4, 0.5) is 0 Å². The highest BCUT2D eigenvalue weighted by Crippen LogP contribution is 2.34. The van der Waals surface area contributed by atoms with Crippen LogP contribution in [-0.2, 0) is 24.3 Å². The summed E-state index contributed by atoms with van der Waals surface area (Å²) in [7, 11) is 0. The molecule has 1 unspecified atom stereocenters. The third-order valence-electron chi connectivity index (χ3n) is 6.37. The minimum atomic E-state index is -0.170. The Hall–Kier alpha value is -2.55. The van der Waals surface area contributed by atoms with Gasteiger partial charge in [0.2, 0.25) is 5.91 Å². The zero-order chi connectivity index (χ0) is 21.2. The number of nitrogens with zero attached hydrogens (tertiary/aromatic N) is 4. The first-order valence-electron chi connectivity index (χ1n) is 11.2. The summed E-state index contributed by atoms with van der Waals surface area (Å²) in [5, 5.41) is 11.3. The highest BCUT2D eigenvalue weighted by Gasteiger charge is 2.23. The van der Waals surface area contributed by atoms with Gasteiger partial charge in [0.25, 0.3) is 0 Å². The highest BCUT2D eigenvalue weighted by atomic mass is 32.2. The predicted molar refractivity (Wildman–Crippen MR) is 120 cm³/mol. The van der Waals surface area contributed by atoms with Gasteiger partial charge in [-0.1, -0.05) is 43.2 Å². The summed E-state index contributed by atoms with van der Waals surface area (Å²) < 4.78 is 3.74. The molecule has 1 aliphatic heterocycles. The number of carbonyl (C=O) groups excluding carboxylic acids is 1. The molecule has 0 radical (unpaired) electrons. The van der Waals surface area contributed by atoms with Crippen LogP contribution in [-0.4, -0.2) is 41.5 Å². The molecule has 2 aromatic heterocycles. The fourth-order valence-electron chi connectivity index (χ4n) is 4.69. The van der Waals surface area contributed by atoms with E-state index in [2.05, 4.69) is 20.1 Å². The van der Waals surface area contributed by atoms with E-state index in [9.17, 15) is 9.59 Å². The van der Waals surface area contributed by atoms with Crippen LogP contribution in [0.25, 0.3) is 11.0 Å². The van der Waals surface area contributed by atoms with Gasteiger partial charge < -0.3 is 9.88 Å². The number of para-hydroxylation sites is 2. The van der Waals surface area contributed by atoms with Crippen molar-refractivity contribution in [1.29, 1.82) is 0 Å². The minimum absolute atomic E-state index is 0.00732. The van der Waals surface area contributed by atoms with Crippen LogP contribution in [0.1, 0.15) is 50.8 Å². The molecule has 3 heterocycles. The molecule has 5 rings (SSSR count). The Kier molecular flexibility index (Phi) is 5.85. The number of aryl methyl sites for hydroxylation is 1. The largest absolute Gasteiger partial charge is 0.352 e. The Bertz CT molecular complexity index is 1130. The van der Waals surface area contributed by atoms with Crippen LogP contribution in [0.3, 0.4) is 0 Å². The van der Waals surface area contributed by atoms with Crippen molar-refractivity contribution in [2.45, 2.75) is 80.9 Å². The summed E-state index contributed by atoms with van der Waals surface area (Å²) in [6.07, 6.45) is 8.51. The van der Waals surface area contributed by atoms with Crippen LogP contribution in [0.15, 0.2) is 34.2 Å². The lowest BCUT2D eigenvalue weighted by atomic mass is 10.0. The standard InChI is InChI=1S/C22H28N6O2S/c29-20(23-15-10-11-19-25-26-21(30)27(19)13-12-15)14-28-18-9-5-4-8-17(18)24-22(28)31-16-6-2-1-3-7-16/h4-5,8-9,15-16H,1-3,6-7,10-14H2,(H,23,29)(H,26,30). The maximum atomic E-state index is 13.0. The second-order valence-corrected chi connectivity index (χ2v) is 9.80. The Morgan fingerprint density at radius 3 is 2.87 bits per heavy atom. The zero-order valence-electron chi connectivity index (χ0n) is 17.5. The predicted octanol–water partition coefficient (Wildman–Crippen LogP) is 2.87. The number of aromatic amines is 1. The third kappa shape index (κ3) is 4.42. The SMILES string of the molecule is O=C(Cn1c(SC2CCCCC2)nc2ccccc21)NC1CCc2n[nH]c(=O)n2CC1. The van der Waals surface area contributed by atoms with Crippen molar-refractivity contribution in [2.24, 2.45) is 0 Å². The van der Waals surface area contributed by atoms with E-state index in [-0.39, 0.29) is 24.2 Å². The maximum Gasteiger partial charge on any atom is 0.343 e. The number of carbonyl (C=O) groups is 1. The van der Waals surface area contributed by atoms with Crippen molar-refractivity contribution in [3.63, 3.8) is 0 Å². The van der Waals surface area contributed by atoms with Crippen molar-refractivity contribution in [3.05, 3.63) is 40.6 Å². The molecule has 0 spiro atoms. The first-order valence-corrected chi connectivity index (χ1v) is 12.1. The quantitative estimate of drug-likeness (QED) is 0.636. The van der Waals surface area contributed by atoms with Gasteiger partial charge in [-0.25, -0.2) is 14.9 Å². The second-order valence-electron chi connectivity index (χ2n) is 8.54. The summed E-state index contributed by atoms with van der Waals surface area (Å²) in [5.41, 5.74) is 1.77. The molecule has 164 valence electrons. The van der Waals surface area contributed by atoms with Gasteiger partial charge in [-0.3, -0.25) is 9.36 Å². The lowest BCUT2D eigenvalue weighted by Crippen LogP contribution is -2.37. The molecule has 31 heavy (non-hydrogen) atoms. The molecule has 2 N–H and O–H groups in total. The van der Waals surface area contributed by atoms with Crippen LogP contribution in [0.5, 0.6) is 0 Å². The Balaban J connectivity index is 1.29. The fraction of sp³-hybridized carbons (Fsp3) is 0.545. The lowest BCUT2D eigenvalue weighted by molar-refractivity contribution is -0.122. The molecule has 1 aliphatic carbocycles. The van der Waals surface area contributed by atoms with Gasteiger partial charge in [0, 0.05) is 24.3 Å². The van der Waals surface area contributed by atoms with Crippen molar-refractivity contribution < 1.29 is 4.79 Å². The Morgan fingerprint density at radius 2 is 2.00 bits per heavy atom. The monoisotopic (exact) mass is 440 g/mol. The van der Waals surface area contributed by atoms with Crippen LogP contribution < -0.4 is 11.0 Å². The van der Waals surface area contributed by atoms with Crippen LogP contribution in [0.2, 0.25) is 0 Å². The Labute approximate surface area is 184 Å². The van der Waals surface area contributed by atoms with Gasteiger partial charge in [0.05, 0.1) is 11.0 Å². The highest BCUT2D eigenvalue weighted by molar-refractivity contribution is 7.99. The van der Waals surface area contributed by atoms with Crippen LogP contribution in [0, 0.1) is 0 Å². The van der Waals surface area contributed by atoms with Gasteiger partial charge in [-0.15, -0.1) is 0 Å². The summed E-state index contributed by atoms with van der Waals surface area (Å²) in [5.74, 6) is 0.764. The Morgan fingerprint density at radius 1 is 1.16 bits per heavy atom. The molecular weight excluding hydrogens is 412 g/mol. The van der Waals surface area contributed by atoms with Crippen molar-refractivity contribution in [2.75, 3.05) is 0 Å². The number of aromatic nitrogens is 5. The molecule has 1 fully saturated rings. The topological polar surface area (TPSA) is 97.6 Å². The molecule has 3 aromatic rings. The van der Waals surface area contributed by atoms with Gasteiger partial charge >= 0.3 is 5.69 Å². The molecule has 1 atom stereocenters.